The quantitative estimate of drug-likeness (QED) is 0.704. The average molecular weight is 216 g/mol. The van der Waals surface area contributed by atoms with Crippen LogP contribution in [0.2, 0.25) is 0 Å². The Balaban J connectivity index is 3.71. The number of hydrogen-bond acceptors (Lipinski definition) is 3. The van der Waals surface area contributed by atoms with Gasteiger partial charge in [0, 0.05) is 13.1 Å². The fourth-order valence-corrected chi connectivity index (χ4v) is 1.37. The van der Waals surface area contributed by atoms with Crippen molar-refractivity contribution in [1.29, 1.82) is 0 Å². The molecule has 0 saturated heterocycles. The Kier molecular flexibility index (Phi) is 7.14. The predicted molar refractivity (Wildman–Crippen MR) is 66.0 cm³/mol. The molecule has 0 aliphatic rings. The van der Waals surface area contributed by atoms with E-state index in [1.807, 2.05) is 0 Å². The van der Waals surface area contributed by atoms with Crippen LogP contribution >= 0.6 is 0 Å². The van der Waals surface area contributed by atoms with Gasteiger partial charge in [-0.2, -0.15) is 0 Å². The highest BCUT2D eigenvalue weighted by Crippen LogP contribution is 2.06. The topological polar surface area (TPSA) is 38.5 Å². The molecule has 1 atom stereocenters. The number of nitrogens with zero attached hydrogens (tertiary/aromatic N) is 1. The SMILES string of the molecule is CCN(CCOC(C)(C)C)CC(C)CN. The van der Waals surface area contributed by atoms with Crippen LogP contribution in [0.15, 0.2) is 0 Å². The van der Waals surface area contributed by atoms with Gasteiger partial charge in [0.25, 0.3) is 0 Å². The number of nitrogens with two attached hydrogens (primary N) is 1. The molecule has 0 amide bonds. The second kappa shape index (κ2) is 7.20. The summed E-state index contributed by atoms with van der Waals surface area (Å²) in [5.74, 6) is 0.569. The molecule has 92 valence electrons. The zero-order chi connectivity index (χ0) is 11.9. The van der Waals surface area contributed by atoms with Crippen LogP contribution in [0.1, 0.15) is 34.6 Å². The minimum Gasteiger partial charge on any atom is -0.375 e. The maximum absolute atomic E-state index is 5.70. The van der Waals surface area contributed by atoms with Gasteiger partial charge >= 0.3 is 0 Å². The molecule has 1 unspecified atom stereocenters. The van der Waals surface area contributed by atoms with Gasteiger partial charge < -0.3 is 15.4 Å². The van der Waals surface area contributed by atoms with Crippen LogP contribution in [-0.4, -0.2) is 43.3 Å². The van der Waals surface area contributed by atoms with E-state index >= 15 is 0 Å². The van der Waals surface area contributed by atoms with E-state index in [9.17, 15) is 0 Å². The lowest BCUT2D eigenvalue weighted by atomic mass is 10.1. The summed E-state index contributed by atoms with van der Waals surface area (Å²) in [6.45, 7) is 15.3. The molecule has 15 heavy (non-hydrogen) atoms. The molecule has 2 N–H and O–H groups in total. The third-order valence-electron chi connectivity index (χ3n) is 2.36. The van der Waals surface area contributed by atoms with Gasteiger partial charge in [0.1, 0.15) is 0 Å². The first-order chi connectivity index (χ1) is 6.89. The first kappa shape index (κ1) is 14.9. The molecule has 0 aromatic carbocycles. The van der Waals surface area contributed by atoms with Crippen molar-refractivity contribution < 1.29 is 4.74 Å². The number of hydrogen-bond donors (Lipinski definition) is 1. The van der Waals surface area contributed by atoms with E-state index in [1.165, 1.54) is 0 Å². The lowest BCUT2D eigenvalue weighted by Gasteiger charge is -2.26. The Morgan fingerprint density at radius 2 is 1.93 bits per heavy atom. The van der Waals surface area contributed by atoms with Crippen LogP contribution in [0, 0.1) is 5.92 Å². The van der Waals surface area contributed by atoms with E-state index in [0.29, 0.717) is 5.92 Å². The molecular weight excluding hydrogens is 188 g/mol. The third kappa shape index (κ3) is 8.85. The standard InChI is InChI=1S/C12H28N2O/c1-6-14(10-11(2)9-13)7-8-15-12(3,4)5/h11H,6-10,13H2,1-5H3. The molecule has 0 aromatic heterocycles. The number of likely N-dealkylation sites (N-methyl/N-ethyl adjacent to an activating group) is 1. The second-order valence-electron chi connectivity index (χ2n) is 5.19. The zero-order valence-corrected chi connectivity index (χ0v) is 11.0. The predicted octanol–water partition coefficient (Wildman–Crippen LogP) is 1.72. The van der Waals surface area contributed by atoms with Crippen LogP contribution in [0.4, 0.5) is 0 Å². The third-order valence-corrected chi connectivity index (χ3v) is 2.36. The van der Waals surface area contributed by atoms with Crippen molar-refractivity contribution in [2.75, 3.05) is 32.8 Å². The van der Waals surface area contributed by atoms with E-state index in [0.717, 1.165) is 32.8 Å². The first-order valence-electron chi connectivity index (χ1n) is 5.95. The minimum atomic E-state index is -0.0289. The van der Waals surface area contributed by atoms with E-state index < -0.39 is 0 Å². The molecule has 0 radical (unpaired) electrons. The molecule has 0 spiro atoms. The summed E-state index contributed by atoms with van der Waals surface area (Å²) in [6, 6.07) is 0. The Labute approximate surface area is 95.0 Å². The molecule has 0 heterocycles. The lowest BCUT2D eigenvalue weighted by Crippen LogP contribution is -2.35. The van der Waals surface area contributed by atoms with Crippen molar-refractivity contribution in [1.82, 2.24) is 4.90 Å². The van der Waals surface area contributed by atoms with Crippen molar-refractivity contribution in [2.45, 2.75) is 40.2 Å². The Morgan fingerprint density at radius 3 is 2.33 bits per heavy atom. The summed E-state index contributed by atoms with van der Waals surface area (Å²) in [5.41, 5.74) is 5.59. The molecule has 0 fully saturated rings. The highest BCUT2D eigenvalue weighted by molar-refractivity contribution is 4.64. The molecule has 3 heteroatoms. The van der Waals surface area contributed by atoms with E-state index in [1.54, 1.807) is 0 Å². The fourth-order valence-electron chi connectivity index (χ4n) is 1.37. The van der Waals surface area contributed by atoms with E-state index in [4.69, 9.17) is 10.5 Å². The van der Waals surface area contributed by atoms with Gasteiger partial charge in [0.05, 0.1) is 12.2 Å². The van der Waals surface area contributed by atoms with Gasteiger partial charge in [-0.3, -0.25) is 0 Å². The average Bonchev–Trinajstić information content (AvgIpc) is 2.14. The van der Waals surface area contributed by atoms with Gasteiger partial charge in [-0.1, -0.05) is 13.8 Å². The summed E-state index contributed by atoms with van der Waals surface area (Å²) in [7, 11) is 0. The molecule has 0 aliphatic heterocycles. The van der Waals surface area contributed by atoms with Crippen LogP contribution in [0.5, 0.6) is 0 Å². The Hall–Kier alpha value is -0.120. The molecule has 3 nitrogen and oxygen atoms in total. The van der Waals surface area contributed by atoms with Crippen molar-refractivity contribution in [3.8, 4) is 0 Å². The summed E-state index contributed by atoms with van der Waals surface area (Å²) >= 11 is 0. The summed E-state index contributed by atoms with van der Waals surface area (Å²) in [6.07, 6.45) is 0. The van der Waals surface area contributed by atoms with Crippen LogP contribution in [-0.2, 0) is 4.74 Å². The van der Waals surface area contributed by atoms with E-state index in [-0.39, 0.29) is 5.60 Å². The number of ether oxygens (including phenoxy) is 1. The first-order valence-corrected chi connectivity index (χ1v) is 5.95. The van der Waals surface area contributed by atoms with Gasteiger partial charge in [-0.15, -0.1) is 0 Å². The van der Waals surface area contributed by atoms with Crippen molar-refractivity contribution >= 4 is 0 Å². The van der Waals surface area contributed by atoms with Gasteiger partial charge in [-0.25, -0.2) is 0 Å². The lowest BCUT2D eigenvalue weighted by molar-refractivity contribution is -0.0136. The van der Waals surface area contributed by atoms with Gasteiger partial charge in [-0.05, 0) is 39.8 Å². The normalized spacial score (nSPS) is 14.6. The molecule has 0 aromatic rings. The maximum atomic E-state index is 5.70. The van der Waals surface area contributed by atoms with Gasteiger partial charge in [0.2, 0.25) is 0 Å². The monoisotopic (exact) mass is 216 g/mol. The molecule has 0 aliphatic carbocycles. The summed E-state index contributed by atoms with van der Waals surface area (Å²) < 4.78 is 5.70. The minimum absolute atomic E-state index is 0.0289. The zero-order valence-electron chi connectivity index (χ0n) is 11.0. The molecule has 0 bridgehead atoms. The fraction of sp³-hybridized carbons (Fsp3) is 1.00. The smallest absolute Gasteiger partial charge is 0.0600 e. The van der Waals surface area contributed by atoms with E-state index in [2.05, 4.69) is 39.5 Å². The molecular formula is C12H28N2O. The van der Waals surface area contributed by atoms with Crippen molar-refractivity contribution in [3.63, 3.8) is 0 Å². The van der Waals surface area contributed by atoms with Crippen molar-refractivity contribution in [3.05, 3.63) is 0 Å². The second-order valence-corrected chi connectivity index (χ2v) is 5.19. The summed E-state index contributed by atoms with van der Waals surface area (Å²) in [5, 5.41) is 0. The van der Waals surface area contributed by atoms with Crippen LogP contribution in [0.25, 0.3) is 0 Å². The van der Waals surface area contributed by atoms with Gasteiger partial charge in [0.15, 0.2) is 0 Å². The summed E-state index contributed by atoms with van der Waals surface area (Å²) in [4.78, 5) is 2.39. The van der Waals surface area contributed by atoms with Crippen molar-refractivity contribution in [2.24, 2.45) is 11.7 Å². The molecule has 0 saturated carbocycles. The van der Waals surface area contributed by atoms with Crippen LogP contribution < -0.4 is 5.73 Å². The largest absolute Gasteiger partial charge is 0.375 e. The Morgan fingerprint density at radius 1 is 1.33 bits per heavy atom. The Bertz CT molecular complexity index is 154. The highest BCUT2D eigenvalue weighted by Gasteiger charge is 2.12. The van der Waals surface area contributed by atoms with Crippen LogP contribution in [0.3, 0.4) is 0 Å². The maximum Gasteiger partial charge on any atom is 0.0600 e. The number of rotatable bonds is 7. The highest BCUT2D eigenvalue weighted by atomic mass is 16.5. The molecule has 0 rings (SSSR count).